The maximum absolute atomic E-state index is 10.9. The molecule has 1 fully saturated rings. The van der Waals surface area contributed by atoms with Crippen LogP contribution >= 0.6 is 15.9 Å². The quantitative estimate of drug-likeness (QED) is 0.635. The van der Waals surface area contributed by atoms with Crippen molar-refractivity contribution in [3.8, 4) is 5.75 Å². The second kappa shape index (κ2) is 5.46. The van der Waals surface area contributed by atoms with Crippen LogP contribution < -0.4 is 4.74 Å². The molecule has 2 rings (SSSR count). The van der Waals surface area contributed by atoms with Crippen LogP contribution in [0.5, 0.6) is 5.75 Å². The Balaban J connectivity index is 2.19. The summed E-state index contributed by atoms with van der Waals surface area (Å²) in [5, 5.41) is 10.9. The molecule has 0 spiro atoms. The molecule has 92 valence electrons. The van der Waals surface area contributed by atoms with Crippen molar-refractivity contribution in [1.82, 2.24) is 0 Å². The smallest absolute Gasteiger partial charge is 0.325 e. The topological polar surface area (TPSA) is 61.6 Å². The van der Waals surface area contributed by atoms with Gasteiger partial charge in [-0.3, -0.25) is 10.1 Å². The van der Waals surface area contributed by atoms with Gasteiger partial charge in [0.25, 0.3) is 0 Å². The molecule has 1 aliphatic heterocycles. The van der Waals surface area contributed by atoms with Crippen molar-refractivity contribution in [2.45, 2.75) is 25.6 Å². The molecule has 1 aliphatic rings. The summed E-state index contributed by atoms with van der Waals surface area (Å²) in [7, 11) is 0. The van der Waals surface area contributed by atoms with Gasteiger partial charge in [0.1, 0.15) is 0 Å². The monoisotopic (exact) mass is 301 g/mol. The molecule has 0 aromatic heterocycles. The van der Waals surface area contributed by atoms with Crippen LogP contribution in [0.15, 0.2) is 22.7 Å². The summed E-state index contributed by atoms with van der Waals surface area (Å²) in [5.74, 6) is 0.247. The van der Waals surface area contributed by atoms with Gasteiger partial charge in [-0.15, -0.1) is 0 Å². The van der Waals surface area contributed by atoms with Gasteiger partial charge >= 0.3 is 5.69 Å². The van der Waals surface area contributed by atoms with Crippen LogP contribution in [0.2, 0.25) is 0 Å². The third kappa shape index (κ3) is 2.95. The number of nitrogens with zero attached hydrogens (tertiary/aromatic N) is 1. The van der Waals surface area contributed by atoms with E-state index in [0.29, 0.717) is 11.1 Å². The van der Waals surface area contributed by atoms with E-state index >= 15 is 0 Å². The van der Waals surface area contributed by atoms with Gasteiger partial charge in [0.2, 0.25) is 5.75 Å². The van der Waals surface area contributed by atoms with E-state index in [0.717, 1.165) is 19.3 Å². The molecule has 5 nitrogen and oxygen atoms in total. The van der Waals surface area contributed by atoms with Crippen molar-refractivity contribution in [2.75, 3.05) is 6.61 Å². The molecule has 1 aromatic rings. The van der Waals surface area contributed by atoms with Gasteiger partial charge in [0.05, 0.1) is 16.0 Å². The van der Waals surface area contributed by atoms with Crippen molar-refractivity contribution in [1.29, 1.82) is 0 Å². The van der Waals surface area contributed by atoms with Gasteiger partial charge in [0, 0.05) is 6.42 Å². The normalized spacial score (nSPS) is 19.9. The Hall–Kier alpha value is -1.14. The van der Waals surface area contributed by atoms with E-state index in [-0.39, 0.29) is 17.7 Å². The lowest BCUT2D eigenvalue weighted by molar-refractivity contribution is -0.387. The van der Waals surface area contributed by atoms with Crippen LogP contribution in [0.1, 0.15) is 19.3 Å². The van der Waals surface area contributed by atoms with Crippen molar-refractivity contribution >= 4 is 21.6 Å². The minimum Gasteiger partial charge on any atom is -0.458 e. The van der Waals surface area contributed by atoms with E-state index in [1.165, 1.54) is 0 Å². The van der Waals surface area contributed by atoms with E-state index < -0.39 is 4.92 Å². The zero-order chi connectivity index (χ0) is 12.3. The van der Waals surface area contributed by atoms with E-state index in [1.807, 2.05) is 0 Å². The fraction of sp³-hybridized carbons (Fsp3) is 0.455. The molecule has 0 aliphatic carbocycles. The SMILES string of the molecule is O=[N+]([O-])c1c(Br)cccc1OC1CCCCO1. The molecule has 6 heteroatoms. The number of nitro benzene ring substituents is 1. The molecule has 1 unspecified atom stereocenters. The Labute approximate surface area is 107 Å². The standard InChI is InChI=1S/C11H12BrNO4/c12-8-4-3-5-9(11(8)13(14)15)17-10-6-1-2-7-16-10/h3-5,10H,1-2,6-7H2. The summed E-state index contributed by atoms with van der Waals surface area (Å²) in [6.07, 6.45) is 2.42. The van der Waals surface area contributed by atoms with Crippen LogP contribution in [0.3, 0.4) is 0 Å². The van der Waals surface area contributed by atoms with Crippen LogP contribution in [0.25, 0.3) is 0 Å². The molecule has 1 heterocycles. The second-order valence-electron chi connectivity index (χ2n) is 3.76. The highest BCUT2D eigenvalue weighted by Gasteiger charge is 2.23. The number of para-hydroxylation sites is 1. The first-order valence-corrected chi connectivity index (χ1v) is 6.19. The summed E-state index contributed by atoms with van der Waals surface area (Å²) in [6, 6.07) is 4.91. The summed E-state index contributed by atoms with van der Waals surface area (Å²) < 4.78 is 11.3. The number of nitro groups is 1. The number of hydrogen-bond acceptors (Lipinski definition) is 4. The third-order valence-corrected chi connectivity index (χ3v) is 3.17. The Bertz CT molecular complexity index is 418. The minimum absolute atomic E-state index is 0.0540. The van der Waals surface area contributed by atoms with Crippen LogP contribution in [-0.2, 0) is 4.74 Å². The predicted molar refractivity (Wildman–Crippen MR) is 65.0 cm³/mol. The van der Waals surface area contributed by atoms with Crippen molar-refractivity contribution in [3.63, 3.8) is 0 Å². The van der Waals surface area contributed by atoms with Crippen LogP contribution in [0, 0.1) is 10.1 Å². The fourth-order valence-electron chi connectivity index (χ4n) is 1.71. The van der Waals surface area contributed by atoms with E-state index in [2.05, 4.69) is 15.9 Å². The average Bonchev–Trinajstić information content (AvgIpc) is 2.30. The third-order valence-electron chi connectivity index (χ3n) is 2.53. The first kappa shape index (κ1) is 12.3. The van der Waals surface area contributed by atoms with Crippen LogP contribution in [0.4, 0.5) is 5.69 Å². The molecule has 0 N–H and O–H groups in total. The number of ether oxygens (including phenoxy) is 2. The second-order valence-corrected chi connectivity index (χ2v) is 4.61. The van der Waals surface area contributed by atoms with E-state index in [1.54, 1.807) is 18.2 Å². The van der Waals surface area contributed by atoms with Gasteiger partial charge in [-0.2, -0.15) is 0 Å². The molecule has 1 atom stereocenters. The molecule has 0 saturated carbocycles. The molecule has 0 radical (unpaired) electrons. The largest absolute Gasteiger partial charge is 0.458 e. The predicted octanol–water partition coefficient (Wildman–Crippen LogP) is 3.26. The summed E-state index contributed by atoms with van der Waals surface area (Å²) in [5.41, 5.74) is -0.0540. The zero-order valence-corrected chi connectivity index (χ0v) is 10.7. The molecular weight excluding hydrogens is 290 g/mol. The molecule has 0 bridgehead atoms. The lowest BCUT2D eigenvalue weighted by Crippen LogP contribution is -2.25. The maximum atomic E-state index is 10.9. The minimum atomic E-state index is -0.456. The van der Waals surface area contributed by atoms with E-state index in [9.17, 15) is 10.1 Å². The Kier molecular flexibility index (Phi) is 3.96. The van der Waals surface area contributed by atoms with Crippen LogP contribution in [-0.4, -0.2) is 17.8 Å². The van der Waals surface area contributed by atoms with Gasteiger partial charge in [-0.05, 0) is 40.9 Å². The Morgan fingerprint density at radius 1 is 1.47 bits per heavy atom. The van der Waals surface area contributed by atoms with Crippen molar-refractivity contribution < 1.29 is 14.4 Å². The van der Waals surface area contributed by atoms with Gasteiger partial charge in [-0.1, -0.05) is 6.07 Å². The number of rotatable bonds is 3. The summed E-state index contributed by atoms with van der Waals surface area (Å²) in [6.45, 7) is 0.645. The molecular formula is C11H12BrNO4. The highest BCUT2D eigenvalue weighted by atomic mass is 79.9. The van der Waals surface area contributed by atoms with E-state index in [4.69, 9.17) is 9.47 Å². The zero-order valence-electron chi connectivity index (χ0n) is 9.10. The van der Waals surface area contributed by atoms with Gasteiger partial charge < -0.3 is 9.47 Å². The maximum Gasteiger partial charge on any atom is 0.325 e. The van der Waals surface area contributed by atoms with Gasteiger partial charge in [-0.25, -0.2) is 0 Å². The Morgan fingerprint density at radius 3 is 2.94 bits per heavy atom. The molecule has 17 heavy (non-hydrogen) atoms. The molecule has 1 saturated heterocycles. The van der Waals surface area contributed by atoms with Crippen molar-refractivity contribution in [3.05, 3.63) is 32.8 Å². The number of halogens is 1. The van der Waals surface area contributed by atoms with Gasteiger partial charge in [0.15, 0.2) is 6.29 Å². The average molecular weight is 302 g/mol. The Morgan fingerprint density at radius 2 is 2.29 bits per heavy atom. The summed E-state index contributed by atoms with van der Waals surface area (Å²) >= 11 is 3.15. The lowest BCUT2D eigenvalue weighted by atomic mass is 10.2. The molecule has 1 aromatic carbocycles. The number of benzene rings is 1. The first-order valence-electron chi connectivity index (χ1n) is 5.39. The highest BCUT2D eigenvalue weighted by Crippen LogP contribution is 2.35. The molecule has 0 amide bonds. The van der Waals surface area contributed by atoms with Crippen molar-refractivity contribution in [2.24, 2.45) is 0 Å². The fourth-order valence-corrected chi connectivity index (χ4v) is 2.21. The number of hydrogen-bond donors (Lipinski definition) is 0. The first-order chi connectivity index (χ1) is 8.18. The lowest BCUT2D eigenvalue weighted by Gasteiger charge is -2.23. The highest BCUT2D eigenvalue weighted by molar-refractivity contribution is 9.10. The summed E-state index contributed by atoms with van der Waals surface area (Å²) in [4.78, 5) is 10.5.